The molecule has 5 nitrogen and oxygen atoms in total. The van der Waals surface area contributed by atoms with Gasteiger partial charge in [0.2, 0.25) is 0 Å². The Bertz CT molecular complexity index is 805. The maximum Gasteiger partial charge on any atom is 0.263 e. The molecule has 0 bridgehead atoms. The monoisotopic (exact) mass is 302 g/mol. The number of aliphatic hydroxyl groups excluding tert-OH is 1. The molecule has 0 aliphatic carbocycles. The lowest BCUT2D eigenvalue weighted by molar-refractivity contribution is 0.350. The fourth-order valence-electron chi connectivity index (χ4n) is 1.76. The minimum Gasteiger partial charge on any atom is -0.384 e. The Hall–Kier alpha value is -2.36. The Morgan fingerprint density at radius 3 is 2.76 bits per heavy atom. The fourth-order valence-corrected chi connectivity index (χ4v) is 2.97. The number of aryl methyl sites for hydroxylation is 1. The van der Waals surface area contributed by atoms with E-state index in [2.05, 4.69) is 21.5 Å². The number of sulfonamides is 1. The Labute approximate surface area is 123 Å². The van der Waals surface area contributed by atoms with Gasteiger partial charge in [-0.25, -0.2) is 8.42 Å². The highest BCUT2D eigenvalue weighted by Crippen LogP contribution is 2.19. The fraction of sp³-hybridized carbons (Fsp3) is 0.133. The van der Waals surface area contributed by atoms with Gasteiger partial charge in [-0.3, -0.25) is 9.71 Å². The zero-order valence-electron chi connectivity index (χ0n) is 11.4. The number of aromatic nitrogens is 1. The highest BCUT2D eigenvalue weighted by atomic mass is 32.2. The van der Waals surface area contributed by atoms with Crippen LogP contribution in [0.15, 0.2) is 47.5 Å². The summed E-state index contributed by atoms with van der Waals surface area (Å²) in [5.74, 6) is 5.09. The lowest BCUT2D eigenvalue weighted by Gasteiger charge is -2.09. The van der Waals surface area contributed by atoms with Crippen LogP contribution in [0, 0.1) is 18.8 Å². The van der Waals surface area contributed by atoms with E-state index in [4.69, 9.17) is 5.11 Å². The van der Waals surface area contributed by atoms with Crippen molar-refractivity contribution in [1.82, 2.24) is 4.98 Å². The van der Waals surface area contributed by atoms with Crippen molar-refractivity contribution in [1.29, 1.82) is 0 Å². The van der Waals surface area contributed by atoms with Gasteiger partial charge in [0.1, 0.15) is 11.5 Å². The van der Waals surface area contributed by atoms with Gasteiger partial charge in [-0.2, -0.15) is 0 Å². The average Bonchev–Trinajstić information content (AvgIpc) is 2.45. The van der Waals surface area contributed by atoms with Crippen molar-refractivity contribution in [2.45, 2.75) is 11.8 Å². The summed E-state index contributed by atoms with van der Waals surface area (Å²) >= 11 is 0. The summed E-state index contributed by atoms with van der Waals surface area (Å²) in [6.07, 6.45) is 1.53. The van der Waals surface area contributed by atoms with Crippen molar-refractivity contribution in [3.8, 4) is 11.8 Å². The molecule has 0 saturated heterocycles. The van der Waals surface area contributed by atoms with Crippen molar-refractivity contribution in [3.05, 3.63) is 53.9 Å². The third kappa shape index (κ3) is 3.81. The molecule has 21 heavy (non-hydrogen) atoms. The third-order valence-electron chi connectivity index (χ3n) is 2.63. The molecule has 108 valence electrons. The van der Waals surface area contributed by atoms with Gasteiger partial charge in [0, 0.05) is 17.5 Å². The molecule has 0 fully saturated rings. The molecular weight excluding hydrogens is 288 g/mol. The Morgan fingerprint density at radius 2 is 2.05 bits per heavy atom. The first-order chi connectivity index (χ1) is 10.0. The normalized spacial score (nSPS) is 10.6. The van der Waals surface area contributed by atoms with Crippen molar-refractivity contribution < 1.29 is 13.5 Å². The van der Waals surface area contributed by atoms with Crippen molar-refractivity contribution in [2.75, 3.05) is 11.3 Å². The number of anilines is 1. The van der Waals surface area contributed by atoms with Crippen molar-refractivity contribution in [3.63, 3.8) is 0 Å². The molecule has 2 rings (SSSR count). The molecule has 2 aromatic rings. The van der Waals surface area contributed by atoms with Crippen molar-refractivity contribution >= 4 is 15.7 Å². The maximum atomic E-state index is 12.4. The molecule has 0 atom stereocenters. The molecular formula is C15H14N2O3S. The van der Waals surface area contributed by atoms with Gasteiger partial charge in [0.05, 0.1) is 5.69 Å². The van der Waals surface area contributed by atoms with E-state index in [0.29, 0.717) is 16.9 Å². The lowest BCUT2D eigenvalue weighted by atomic mass is 10.2. The molecule has 1 aromatic carbocycles. The van der Waals surface area contributed by atoms with Gasteiger partial charge in [-0.1, -0.05) is 24.0 Å². The molecule has 0 radical (unpaired) electrons. The largest absolute Gasteiger partial charge is 0.384 e. The summed E-state index contributed by atoms with van der Waals surface area (Å²) in [6.45, 7) is 1.45. The Morgan fingerprint density at radius 1 is 1.29 bits per heavy atom. The number of benzene rings is 1. The second-order valence-electron chi connectivity index (χ2n) is 4.25. The van der Waals surface area contributed by atoms with E-state index < -0.39 is 10.0 Å². The first kappa shape index (κ1) is 15.0. The molecule has 6 heteroatoms. The molecule has 0 spiro atoms. The van der Waals surface area contributed by atoms with Gasteiger partial charge in [0.25, 0.3) is 10.0 Å². The summed E-state index contributed by atoms with van der Waals surface area (Å²) in [5.41, 5.74) is 1.49. The van der Waals surface area contributed by atoms with Crippen LogP contribution in [0.5, 0.6) is 0 Å². The SMILES string of the molecule is Cc1cc(NS(=O)(=O)c2ccccc2C#CCO)ccn1. The van der Waals surface area contributed by atoms with Crippen LogP contribution in [0.4, 0.5) is 5.69 Å². The van der Waals surface area contributed by atoms with Crippen LogP contribution in [0.2, 0.25) is 0 Å². The number of hydrogen-bond acceptors (Lipinski definition) is 4. The van der Waals surface area contributed by atoms with Crippen LogP contribution in [0.25, 0.3) is 0 Å². The summed E-state index contributed by atoms with van der Waals surface area (Å²) in [6, 6.07) is 9.59. The minimum absolute atomic E-state index is 0.0698. The van der Waals surface area contributed by atoms with Crippen LogP contribution in [0.1, 0.15) is 11.3 Å². The zero-order chi connectivity index (χ0) is 15.3. The smallest absolute Gasteiger partial charge is 0.263 e. The van der Waals surface area contributed by atoms with E-state index >= 15 is 0 Å². The highest BCUT2D eigenvalue weighted by molar-refractivity contribution is 7.92. The molecule has 0 saturated carbocycles. The summed E-state index contributed by atoms with van der Waals surface area (Å²) in [5, 5.41) is 8.74. The Balaban J connectivity index is 2.40. The van der Waals surface area contributed by atoms with Crippen LogP contribution in [-0.2, 0) is 10.0 Å². The lowest BCUT2D eigenvalue weighted by Crippen LogP contribution is -2.14. The molecule has 1 aromatic heterocycles. The van der Waals surface area contributed by atoms with E-state index in [0.717, 1.165) is 0 Å². The molecule has 0 unspecified atom stereocenters. The summed E-state index contributed by atoms with van der Waals surface area (Å²) < 4.78 is 27.4. The van der Waals surface area contributed by atoms with E-state index in [1.54, 1.807) is 37.3 Å². The molecule has 2 N–H and O–H groups in total. The second kappa shape index (κ2) is 6.39. The number of hydrogen-bond donors (Lipinski definition) is 2. The predicted molar refractivity (Wildman–Crippen MR) is 80.2 cm³/mol. The molecule has 0 amide bonds. The predicted octanol–water partition coefficient (Wildman–Crippen LogP) is 1.53. The number of aliphatic hydroxyl groups is 1. The van der Waals surface area contributed by atoms with Crippen LogP contribution in [-0.4, -0.2) is 25.1 Å². The van der Waals surface area contributed by atoms with Crippen molar-refractivity contribution in [2.24, 2.45) is 0 Å². The standard InChI is InChI=1S/C15H14N2O3S/c1-12-11-14(8-9-16-12)17-21(19,20)15-7-3-2-5-13(15)6-4-10-18/h2-3,5,7-9,11,18H,10H2,1H3,(H,16,17). The van der Waals surface area contributed by atoms with Gasteiger partial charge in [0.15, 0.2) is 0 Å². The number of nitrogens with one attached hydrogen (secondary N) is 1. The first-order valence-corrected chi connectivity index (χ1v) is 7.65. The first-order valence-electron chi connectivity index (χ1n) is 6.17. The topological polar surface area (TPSA) is 79.3 Å². The minimum atomic E-state index is -3.75. The number of pyridine rings is 1. The molecule has 0 aliphatic rings. The van der Waals surface area contributed by atoms with E-state index in [-0.39, 0.29) is 11.5 Å². The second-order valence-corrected chi connectivity index (χ2v) is 5.90. The van der Waals surface area contributed by atoms with E-state index in [1.165, 1.54) is 12.3 Å². The van der Waals surface area contributed by atoms with Gasteiger partial charge < -0.3 is 5.11 Å². The Kier molecular flexibility index (Phi) is 4.58. The molecule has 1 heterocycles. The third-order valence-corrected chi connectivity index (χ3v) is 4.07. The summed E-state index contributed by atoms with van der Waals surface area (Å²) in [4.78, 5) is 4.09. The molecule has 0 aliphatic heterocycles. The average molecular weight is 302 g/mol. The van der Waals surface area contributed by atoms with E-state index in [1.807, 2.05) is 0 Å². The summed E-state index contributed by atoms with van der Waals surface area (Å²) in [7, 11) is -3.75. The quantitative estimate of drug-likeness (QED) is 0.843. The van der Waals surface area contributed by atoms with Gasteiger partial charge in [-0.15, -0.1) is 0 Å². The number of rotatable bonds is 3. The van der Waals surface area contributed by atoms with Gasteiger partial charge in [-0.05, 0) is 31.2 Å². The van der Waals surface area contributed by atoms with Crippen LogP contribution in [0.3, 0.4) is 0 Å². The van der Waals surface area contributed by atoms with E-state index in [9.17, 15) is 8.42 Å². The zero-order valence-corrected chi connectivity index (χ0v) is 12.2. The maximum absolute atomic E-state index is 12.4. The van der Waals surface area contributed by atoms with Crippen LogP contribution >= 0.6 is 0 Å². The highest BCUT2D eigenvalue weighted by Gasteiger charge is 2.17. The number of nitrogens with zero attached hydrogens (tertiary/aromatic N) is 1. The van der Waals surface area contributed by atoms with Crippen LogP contribution < -0.4 is 4.72 Å². The van der Waals surface area contributed by atoms with Gasteiger partial charge >= 0.3 is 0 Å².